The molecule has 5 N–H and O–H groups in total. The van der Waals surface area contributed by atoms with E-state index in [1.807, 2.05) is 32.1 Å². The maximum absolute atomic E-state index is 13.6. The molecular weight excluding hydrogens is 537 g/mol. The average molecular weight is 574 g/mol. The van der Waals surface area contributed by atoms with Crippen molar-refractivity contribution in [2.45, 2.75) is 6.42 Å². The number of hydrogen-bond donors (Lipinski definition) is 4. The number of hydrogen-bond acceptors (Lipinski definition) is 9. The summed E-state index contributed by atoms with van der Waals surface area (Å²) in [5.41, 5.74) is 10.2. The summed E-state index contributed by atoms with van der Waals surface area (Å²) in [4.78, 5) is 33.6. The van der Waals surface area contributed by atoms with Gasteiger partial charge in [-0.25, -0.2) is 19.3 Å². The van der Waals surface area contributed by atoms with Crippen LogP contribution in [0.2, 0.25) is 0 Å². The zero-order chi connectivity index (χ0) is 30.2. The Hall–Kier alpha value is -4.81. The molecule has 0 aliphatic rings. The van der Waals surface area contributed by atoms with Crippen molar-refractivity contribution < 1.29 is 13.9 Å². The Kier molecular flexibility index (Phi) is 9.84. The number of imidazole rings is 1. The zero-order valence-corrected chi connectivity index (χ0v) is 24.2. The van der Waals surface area contributed by atoms with Crippen LogP contribution in [-0.2, 0) is 11.2 Å². The Morgan fingerprint density at radius 3 is 2.55 bits per heavy atom. The van der Waals surface area contributed by atoms with Crippen molar-refractivity contribution >= 4 is 28.9 Å². The fourth-order valence-electron chi connectivity index (χ4n) is 4.26. The van der Waals surface area contributed by atoms with Gasteiger partial charge in [-0.2, -0.15) is 0 Å². The topological polar surface area (TPSA) is 137 Å². The second-order valence-electron chi connectivity index (χ2n) is 9.83. The minimum absolute atomic E-state index is 0.292. The highest BCUT2D eigenvalue weighted by molar-refractivity contribution is 6.02. The van der Waals surface area contributed by atoms with E-state index in [1.54, 1.807) is 37.6 Å². The van der Waals surface area contributed by atoms with Crippen LogP contribution in [0.4, 0.5) is 27.4 Å². The number of carbonyl (C=O) groups excluding carboxylic acids is 1. The van der Waals surface area contributed by atoms with E-state index in [0.29, 0.717) is 58.9 Å². The van der Waals surface area contributed by atoms with E-state index in [9.17, 15) is 9.18 Å². The molecule has 4 aromatic rings. The first-order chi connectivity index (χ1) is 20.2. The van der Waals surface area contributed by atoms with Gasteiger partial charge in [-0.1, -0.05) is 6.58 Å². The summed E-state index contributed by atoms with van der Waals surface area (Å²) in [5, 5.41) is 6.11. The third-order valence-corrected chi connectivity index (χ3v) is 6.46. The van der Waals surface area contributed by atoms with Gasteiger partial charge in [0.05, 0.1) is 41.3 Å². The molecule has 0 saturated heterocycles. The monoisotopic (exact) mass is 573 g/mol. The molecule has 4 rings (SSSR count). The smallest absolute Gasteiger partial charge is 0.247 e. The van der Waals surface area contributed by atoms with Crippen molar-refractivity contribution in [3.8, 4) is 28.4 Å². The summed E-state index contributed by atoms with van der Waals surface area (Å²) in [7, 11) is 7.52. The van der Waals surface area contributed by atoms with Crippen LogP contribution in [0.15, 0.2) is 61.3 Å². The number of aromatic nitrogens is 4. The van der Waals surface area contributed by atoms with E-state index in [0.717, 1.165) is 24.3 Å². The van der Waals surface area contributed by atoms with E-state index in [2.05, 4.69) is 32.1 Å². The number of nitrogens with two attached hydrogens (primary N) is 1. The van der Waals surface area contributed by atoms with Gasteiger partial charge in [-0.15, -0.1) is 0 Å². The van der Waals surface area contributed by atoms with Gasteiger partial charge in [-0.05, 0) is 63.1 Å². The van der Waals surface area contributed by atoms with Crippen LogP contribution in [0.25, 0.3) is 22.6 Å². The number of H-pyrrole nitrogens is 1. The third kappa shape index (κ3) is 7.28. The number of halogens is 1. The molecule has 0 radical (unpaired) electrons. The quantitative estimate of drug-likeness (QED) is 0.175. The van der Waals surface area contributed by atoms with Gasteiger partial charge in [0.1, 0.15) is 17.4 Å². The Morgan fingerprint density at radius 1 is 1.12 bits per heavy atom. The average Bonchev–Trinajstić information content (AvgIpc) is 3.40. The number of rotatable bonds is 13. The molecule has 0 unspecified atom stereocenters. The summed E-state index contributed by atoms with van der Waals surface area (Å²) < 4.78 is 19.3. The summed E-state index contributed by atoms with van der Waals surface area (Å²) in [6, 6.07) is 11.5. The van der Waals surface area contributed by atoms with Gasteiger partial charge >= 0.3 is 0 Å². The van der Waals surface area contributed by atoms with Gasteiger partial charge in [0.2, 0.25) is 11.9 Å². The highest BCUT2D eigenvalue weighted by atomic mass is 19.1. The first-order valence-corrected chi connectivity index (χ1v) is 13.4. The molecule has 0 fully saturated rings. The predicted octanol–water partition coefficient (Wildman–Crippen LogP) is 4.05. The minimum atomic E-state index is -0.340. The van der Waals surface area contributed by atoms with Crippen LogP contribution in [0.3, 0.4) is 0 Å². The van der Waals surface area contributed by atoms with Gasteiger partial charge in [-0.3, -0.25) is 4.79 Å². The van der Waals surface area contributed by atoms with Crippen LogP contribution in [0.1, 0.15) is 5.82 Å². The van der Waals surface area contributed by atoms with Crippen molar-refractivity contribution in [3.05, 3.63) is 73.0 Å². The van der Waals surface area contributed by atoms with Crippen LogP contribution in [-0.4, -0.2) is 78.6 Å². The number of nitrogens with zero attached hydrogens (tertiary/aromatic N) is 5. The summed E-state index contributed by atoms with van der Waals surface area (Å²) >= 11 is 0. The summed E-state index contributed by atoms with van der Waals surface area (Å²) in [6.45, 7) is 5.52. The molecule has 12 heteroatoms. The second-order valence-corrected chi connectivity index (χ2v) is 9.83. The maximum atomic E-state index is 13.6. The molecule has 2 heterocycles. The van der Waals surface area contributed by atoms with E-state index in [4.69, 9.17) is 20.4 Å². The van der Waals surface area contributed by atoms with Crippen LogP contribution >= 0.6 is 0 Å². The van der Waals surface area contributed by atoms with Crippen molar-refractivity contribution in [1.82, 2.24) is 24.8 Å². The molecular formula is C30H36FN9O2. The minimum Gasteiger partial charge on any atom is -0.494 e. The second kappa shape index (κ2) is 13.7. The number of likely N-dealkylation sites (N-methyl/N-ethyl adjacent to an activating group) is 2. The zero-order valence-electron chi connectivity index (χ0n) is 24.2. The lowest BCUT2D eigenvalue weighted by atomic mass is 10.1. The lowest BCUT2D eigenvalue weighted by Crippen LogP contribution is -2.29. The molecule has 0 spiro atoms. The number of methoxy groups -OCH3 is 1. The molecule has 0 aliphatic carbocycles. The van der Waals surface area contributed by atoms with Gasteiger partial charge < -0.3 is 35.9 Å². The number of aromatic amines is 1. The first kappa shape index (κ1) is 30.2. The fraction of sp³-hybridized carbons (Fsp3) is 0.267. The highest BCUT2D eigenvalue weighted by Gasteiger charge is 2.19. The van der Waals surface area contributed by atoms with Crippen LogP contribution < -0.4 is 26.0 Å². The molecule has 0 bridgehead atoms. The number of ether oxygens (including phenoxy) is 1. The molecule has 1 amide bonds. The number of benzene rings is 2. The third-order valence-electron chi connectivity index (χ3n) is 6.46. The van der Waals surface area contributed by atoms with Crippen molar-refractivity contribution in [1.29, 1.82) is 0 Å². The molecule has 0 aliphatic heterocycles. The Balaban J connectivity index is 1.72. The molecule has 42 heavy (non-hydrogen) atoms. The summed E-state index contributed by atoms with van der Waals surface area (Å²) in [5.74, 6) is 0.844. The number of amides is 1. The molecule has 11 nitrogen and oxygen atoms in total. The Morgan fingerprint density at radius 2 is 1.88 bits per heavy atom. The lowest BCUT2D eigenvalue weighted by molar-refractivity contribution is -0.111. The van der Waals surface area contributed by atoms with E-state index >= 15 is 0 Å². The molecule has 2 aromatic carbocycles. The Bertz CT molecular complexity index is 1540. The number of carbonyl (C=O) groups is 1. The van der Waals surface area contributed by atoms with Gasteiger partial charge in [0, 0.05) is 44.4 Å². The van der Waals surface area contributed by atoms with Crippen LogP contribution in [0, 0.1) is 5.82 Å². The van der Waals surface area contributed by atoms with Gasteiger partial charge in [0.25, 0.3) is 0 Å². The summed E-state index contributed by atoms with van der Waals surface area (Å²) in [6.07, 6.45) is 3.38. The van der Waals surface area contributed by atoms with Crippen LogP contribution in [0.5, 0.6) is 5.75 Å². The van der Waals surface area contributed by atoms with E-state index in [-0.39, 0.29) is 11.7 Å². The molecule has 220 valence electrons. The van der Waals surface area contributed by atoms with Crippen molar-refractivity contribution in [2.75, 3.05) is 63.4 Å². The molecule has 2 aromatic heterocycles. The largest absolute Gasteiger partial charge is 0.494 e. The van der Waals surface area contributed by atoms with E-state index < -0.39 is 0 Å². The van der Waals surface area contributed by atoms with Gasteiger partial charge in [0.15, 0.2) is 0 Å². The SMILES string of the molecule is C=CC(=O)Nc1cc(Nc2nccc(-c3[nH]c(CCN)nc3-c3ccc(F)cc3)n2)c(OC)cc1N(C)CCN(C)C. The lowest BCUT2D eigenvalue weighted by Gasteiger charge is -2.26. The molecule has 0 saturated carbocycles. The number of nitrogens with one attached hydrogen (secondary N) is 3. The highest BCUT2D eigenvalue weighted by Crippen LogP contribution is 2.38. The maximum Gasteiger partial charge on any atom is 0.247 e. The van der Waals surface area contributed by atoms with E-state index in [1.165, 1.54) is 18.2 Å². The van der Waals surface area contributed by atoms with Crippen molar-refractivity contribution in [2.24, 2.45) is 5.73 Å². The Labute approximate surface area is 244 Å². The predicted molar refractivity (Wildman–Crippen MR) is 165 cm³/mol. The normalized spacial score (nSPS) is 10.9. The standard InChI is InChI=1S/C30H36FN9O2/c1-6-27(41)34-22-17-23(25(42-5)18-24(22)40(4)16-15-39(2)3)36-30-33-14-12-21(35-30)29-28(37-26(38-29)11-13-32)19-7-9-20(31)10-8-19/h6-10,12,14,17-18H,1,11,13,15-16,32H2,2-5H3,(H,34,41)(H,37,38)(H,33,35,36). The van der Waals surface area contributed by atoms with Crippen molar-refractivity contribution in [3.63, 3.8) is 0 Å². The molecule has 0 atom stereocenters. The fourth-order valence-corrected chi connectivity index (χ4v) is 4.26. The number of anilines is 4. The first-order valence-electron chi connectivity index (χ1n) is 13.4.